The van der Waals surface area contributed by atoms with Crippen LogP contribution in [-0.4, -0.2) is 15.0 Å². The van der Waals surface area contributed by atoms with Gasteiger partial charge in [-0.2, -0.15) is 0 Å². The van der Waals surface area contributed by atoms with Gasteiger partial charge in [-0.25, -0.2) is 0 Å². The van der Waals surface area contributed by atoms with Crippen LogP contribution in [0.5, 0.6) is 0 Å². The van der Waals surface area contributed by atoms with Crippen LogP contribution in [0.2, 0.25) is 0 Å². The first kappa shape index (κ1) is 24.2. The molecule has 10 aromatic rings. The minimum atomic E-state index is 0.787. The molecule has 0 N–H and O–H groups in total. The van der Waals surface area contributed by atoms with Crippen molar-refractivity contribution >= 4 is 65.8 Å². The summed E-state index contributed by atoms with van der Waals surface area (Å²) in [7, 11) is 0. The third kappa shape index (κ3) is 3.53. The summed E-state index contributed by atoms with van der Waals surface area (Å²) in [5, 5.41) is 6.01. The van der Waals surface area contributed by atoms with Crippen molar-refractivity contribution in [2.75, 3.05) is 0 Å². The Kier molecular flexibility index (Phi) is 4.90. The van der Waals surface area contributed by atoms with E-state index in [2.05, 4.69) is 51.4 Å². The fourth-order valence-electron chi connectivity index (χ4n) is 6.63. The van der Waals surface area contributed by atoms with Gasteiger partial charge in [-0.1, -0.05) is 54.6 Å². The van der Waals surface area contributed by atoms with E-state index < -0.39 is 0 Å². The first-order valence-electron chi connectivity index (χ1n) is 14.7. The van der Waals surface area contributed by atoms with E-state index >= 15 is 0 Å². The Morgan fingerprint density at radius 2 is 0.644 bits per heavy atom. The van der Waals surface area contributed by atoms with Crippen molar-refractivity contribution in [2.24, 2.45) is 0 Å². The van der Waals surface area contributed by atoms with Gasteiger partial charge in [-0.3, -0.25) is 15.0 Å². The SMILES string of the molecule is c1ccc2c(c1)oc1c(-c3cc(-c4cncc5c4oc4ccccc45)cc(-c4cncc5c4oc4ccccc45)c3)cncc12. The number of nitrogens with zero attached hydrogens (tertiary/aromatic N) is 3. The van der Waals surface area contributed by atoms with E-state index in [1.807, 2.05) is 91.8 Å². The molecule has 0 aliphatic carbocycles. The fraction of sp³-hybridized carbons (Fsp3) is 0. The van der Waals surface area contributed by atoms with Crippen molar-refractivity contribution in [1.29, 1.82) is 0 Å². The Balaban J connectivity index is 1.29. The van der Waals surface area contributed by atoms with Crippen LogP contribution in [-0.2, 0) is 0 Å². The van der Waals surface area contributed by atoms with E-state index in [-0.39, 0.29) is 0 Å². The molecule has 0 fully saturated rings. The molecule has 6 aromatic heterocycles. The first-order chi connectivity index (χ1) is 22.3. The van der Waals surface area contributed by atoms with Gasteiger partial charge in [0.25, 0.3) is 0 Å². The van der Waals surface area contributed by atoms with Gasteiger partial charge in [0.2, 0.25) is 0 Å². The Hall–Kier alpha value is -6.27. The summed E-state index contributed by atoms with van der Waals surface area (Å²) < 4.78 is 19.3. The Bertz CT molecular complexity index is 2470. The summed E-state index contributed by atoms with van der Waals surface area (Å²) >= 11 is 0. The highest BCUT2D eigenvalue weighted by Crippen LogP contribution is 2.43. The summed E-state index contributed by atoms with van der Waals surface area (Å²) in [5.74, 6) is 0. The monoisotopic (exact) mass is 579 g/mol. The van der Waals surface area contributed by atoms with Crippen molar-refractivity contribution < 1.29 is 13.3 Å². The molecule has 0 unspecified atom stereocenters. The van der Waals surface area contributed by atoms with E-state index in [4.69, 9.17) is 13.3 Å². The number of hydrogen-bond donors (Lipinski definition) is 0. The molecule has 0 saturated heterocycles. The van der Waals surface area contributed by atoms with Gasteiger partial charge in [-0.15, -0.1) is 0 Å². The molecule has 6 heteroatoms. The van der Waals surface area contributed by atoms with E-state index in [0.29, 0.717) is 0 Å². The summed E-state index contributed by atoms with van der Waals surface area (Å²) in [6.45, 7) is 0. The maximum absolute atomic E-state index is 6.45. The molecule has 0 amide bonds. The number of aromatic nitrogens is 3. The predicted molar refractivity (Wildman–Crippen MR) is 178 cm³/mol. The Morgan fingerprint density at radius 3 is 0.978 bits per heavy atom. The lowest BCUT2D eigenvalue weighted by atomic mass is 9.93. The predicted octanol–water partition coefficient (Wildman–Crippen LogP) is 10.6. The number of benzene rings is 4. The molecular weight excluding hydrogens is 558 g/mol. The van der Waals surface area contributed by atoms with Gasteiger partial charge in [0, 0.05) is 86.2 Å². The zero-order chi connectivity index (χ0) is 29.5. The average Bonchev–Trinajstić information content (AvgIpc) is 3.79. The molecule has 0 aliphatic rings. The van der Waals surface area contributed by atoms with Crippen LogP contribution in [0.1, 0.15) is 0 Å². The molecular formula is C39H21N3O3. The number of furan rings is 3. The Labute approximate surface area is 255 Å². The largest absolute Gasteiger partial charge is 0.455 e. The van der Waals surface area contributed by atoms with Gasteiger partial charge >= 0.3 is 0 Å². The normalized spacial score (nSPS) is 12.0. The van der Waals surface area contributed by atoms with Crippen LogP contribution >= 0.6 is 0 Å². The number of hydrogen-bond acceptors (Lipinski definition) is 6. The van der Waals surface area contributed by atoms with Crippen LogP contribution in [0.3, 0.4) is 0 Å². The fourth-order valence-corrected chi connectivity index (χ4v) is 6.63. The lowest BCUT2D eigenvalue weighted by Crippen LogP contribution is -1.89. The minimum absolute atomic E-state index is 0.787. The highest BCUT2D eigenvalue weighted by Gasteiger charge is 2.20. The molecule has 0 bridgehead atoms. The van der Waals surface area contributed by atoms with Crippen molar-refractivity contribution in [3.05, 3.63) is 128 Å². The average molecular weight is 580 g/mol. The van der Waals surface area contributed by atoms with Crippen molar-refractivity contribution in [2.45, 2.75) is 0 Å². The van der Waals surface area contributed by atoms with Crippen molar-refractivity contribution in [1.82, 2.24) is 15.0 Å². The first-order valence-corrected chi connectivity index (χ1v) is 14.7. The smallest absolute Gasteiger partial charge is 0.146 e. The molecule has 0 spiro atoms. The lowest BCUT2D eigenvalue weighted by Gasteiger charge is -2.12. The molecule has 10 rings (SSSR count). The molecule has 0 saturated carbocycles. The minimum Gasteiger partial charge on any atom is -0.455 e. The summed E-state index contributed by atoms with van der Waals surface area (Å²) in [6, 6.07) is 30.6. The van der Waals surface area contributed by atoms with E-state index in [1.165, 1.54) is 0 Å². The molecule has 0 aliphatic heterocycles. The Morgan fingerprint density at radius 1 is 0.333 bits per heavy atom. The highest BCUT2D eigenvalue weighted by molar-refractivity contribution is 6.12. The third-order valence-corrected chi connectivity index (χ3v) is 8.72. The van der Waals surface area contributed by atoms with Gasteiger partial charge in [0.1, 0.15) is 33.5 Å². The van der Waals surface area contributed by atoms with Crippen LogP contribution in [0.4, 0.5) is 0 Å². The second kappa shape index (κ2) is 9.11. The molecule has 6 heterocycles. The maximum Gasteiger partial charge on any atom is 0.146 e. The van der Waals surface area contributed by atoms with Gasteiger partial charge < -0.3 is 13.3 Å². The number of fused-ring (bicyclic) bond motifs is 9. The maximum atomic E-state index is 6.45. The van der Waals surface area contributed by atoms with Crippen molar-refractivity contribution in [3.8, 4) is 33.4 Å². The topological polar surface area (TPSA) is 78.1 Å². The molecule has 6 nitrogen and oxygen atoms in total. The number of pyridine rings is 3. The van der Waals surface area contributed by atoms with Crippen LogP contribution in [0.15, 0.2) is 141 Å². The zero-order valence-electron chi connectivity index (χ0n) is 23.7. The number of para-hydroxylation sites is 3. The van der Waals surface area contributed by atoms with Crippen LogP contribution in [0.25, 0.3) is 99.2 Å². The molecule has 45 heavy (non-hydrogen) atoms. The van der Waals surface area contributed by atoms with Crippen molar-refractivity contribution in [3.63, 3.8) is 0 Å². The van der Waals surface area contributed by atoms with Crippen LogP contribution in [0, 0.1) is 0 Å². The summed E-state index contributed by atoms with van der Waals surface area (Å²) in [6.07, 6.45) is 11.2. The number of rotatable bonds is 3. The van der Waals surface area contributed by atoms with Gasteiger partial charge in [-0.05, 0) is 53.1 Å². The summed E-state index contributed by atoms with van der Waals surface area (Å²) in [5.41, 5.74) is 10.3. The van der Waals surface area contributed by atoms with E-state index in [9.17, 15) is 0 Å². The molecule has 0 radical (unpaired) electrons. The molecule has 4 aromatic carbocycles. The molecule has 0 atom stereocenters. The quantitative estimate of drug-likeness (QED) is 0.207. The van der Waals surface area contributed by atoms with Gasteiger partial charge in [0.15, 0.2) is 0 Å². The zero-order valence-corrected chi connectivity index (χ0v) is 23.7. The lowest BCUT2D eigenvalue weighted by molar-refractivity contribution is 0.669. The summed E-state index contributed by atoms with van der Waals surface area (Å²) in [4.78, 5) is 14.0. The van der Waals surface area contributed by atoms with E-state index in [0.717, 1.165) is 99.2 Å². The van der Waals surface area contributed by atoms with E-state index in [1.54, 1.807) is 0 Å². The standard InChI is InChI=1S/C39H21N3O3/c1-4-10-34-25(7-1)31-19-40-16-28(37(31)43-34)22-13-23(29-17-41-20-32-26-8-2-5-11-35(26)44-38(29)32)15-24(14-22)30-18-42-21-33-27-9-3-6-12-36(27)45-39(30)33/h1-21H. The van der Waals surface area contributed by atoms with Crippen LogP contribution < -0.4 is 0 Å². The third-order valence-electron chi connectivity index (χ3n) is 8.72. The second-order valence-corrected chi connectivity index (χ2v) is 11.3. The highest BCUT2D eigenvalue weighted by atomic mass is 16.3. The molecule has 210 valence electrons. The second-order valence-electron chi connectivity index (χ2n) is 11.3. The van der Waals surface area contributed by atoms with Gasteiger partial charge in [0.05, 0.1) is 0 Å².